The van der Waals surface area contributed by atoms with E-state index in [4.69, 9.17) is 9.72 Å². The van der Waals surface area contributed by atoms with Crippen LogP contribution >= 0.6 is 0 Å². The molecule has 0 N–H and O–H groups in total. The lowest BCUT2D eigenvalue weighted by Gasteiger charge is -2.32. The van der Waals surface area contributed by atoms with Crippen molar-refractivity contribution in [3.05, 3.63) is 30.6 Å². The third kappa shape index (κ3) is 4.29. The summed E-state index contributed by atoms with van der Waals surface area (Å²) >= 11 is 0. The molecule has 134 valence electrons. The monoisotopic (exact) mass is 342 g/mol. The van der Waals surface area contributed by atoms with Crippen LogP contribution in [-0.2, 0) is 4.74 Å². The zero-order valence-corrected chi connectivity index (χ0v) is 15.2. The minimum atomic E-state index is 0.427. The van der Waals surface area contributed by atoms with Gasteiger partial charge in [-0.05, 0) is 25.9 Å². The van der Waals surface area contributed by atoms with Crippen molar-refractivity contribution in [2.45, 2.75) is 18.8 Å². The van der Waals surface area contributed by atoms with E-state index in [-0.39, 0.29) is 0 Å². The van der Waals surface area contributed by atoms with Crippen molar-refractivity contribution in [3.63, 3.8) is 0 Å². The summed E-state index contributed by atoms with van der Waals surface area (Å²) in [6.45, 7) is 3.92. The number of nitrogens with zero attached hydrogens (tertiary/aromatic N) is 6. The van der Waals surface area contributed by atoms with Crippen molar-refractivity contribution in [2.75, 3.05) is 52.3 Å². The molecule has 1 saturated heterocycles. The maximum absolute atomic E-state index is 5.19. The first-order valence-electron chi connectivity index (χ1n) is 8.70. The average Bonchev–Trinajstić information content (AvgIpc) is 2.67. The third-order valence-electron chi connectivity index (χ3n) is 4.66. The van der Waals surface area contributed by atoms with Crippen molar-refractivity contribution < 1.29 is 4.74 Å². The van der Waals surface area contributed by atoms with Gasteiger partial charge in [0.1, 0.15) is 6.33 Å². The number of methoxy groups -OCH3 is 1. The van der Waals surface area contributed by atoms with Gasteiger partial charge in [-0.15, -0.1) is 0 Å². The summed E-state index contributed by atoms with van der Waals surface area (Å²) in [6.07, 6.45) is 9.30. The zero-order chi connectivity index (χ0) is 17.6. The predicted octanol–water partition coefficient (Wildman–Crippen LogP) is 1.83. The van der Waals surface area contributed by atoms with Gasteiger partial charge in [0, 0.05) is 63.4 Å². The first-order valence-corrected chi connectivity index (χ1v) is 8.70. The van der Waals surface area contributed by atoms with Gasteiger partial charge in [-0.25, -0.2) is 19.9 Å². The zero-order valence-electron chi connectivity index (χ0n) is 15.2. The van der Waals surface area contributed by atoms with E-state index in [1.54, 1.807) is 13.4 Å². The van der Waals surface area contributed by atoms with Gasteiger partial charge in [0.25, 0.3) is 0 Å². The molecule has 1 aliphatic rings. The van der Waals surface area contributed by atoms with Gasteiger partial charge < -0.3 is 14.5 Å². The van der Waals surface area contributed by atoms with E-state index in [0.717, 1.165) is 61.9 Å². The standard InChI is InChI=1S/C18H26N6O/c1-23(2)18-21-12-16(15-10-19-13-20-11-15)17(22-18)14-4-6-24(7-5-14)8-9-25-3/h10-14H,4-9H2,1-3H3. The highest BCUT2D eigenvalue weighted by Crippen LogP contribution is 2.34. The maximum atomic E-state index is 5.19. The molecule has 0 spiro atoms. The SMILES string of the molecule is COCCN1CCC(c2nc(N(C)C)ncc2-c2cncnc2)CC1. The molecule has 0 saturated carbocycles. The molecule has 2 aromatic rings. The predicted molar refractivity (Wildman–Crippen MR) is 97.7 cm³/mol. The highest BCUT2D eigenvalue weighted by molar-refractivity contribution is 5.64. The highest BCUT2D eigenvalue weighted by Gasteiger charge is 2.25. The normalized spacial score (nSPS) is 16.1. The first-order chi connectivity index (χ1) is 12.2. The van der Waals surface area contributed by atoms with Crippen LogP contribution in [0.1, 0.15) is 24.5 Å². The second-order valence-electron chi connectivity index (χ2n) is 6.60. The fourth-order valence-corrected chi connectivity index (χ4v) is 3.22. The van der Waals surface area contributed by atoms with Gasteiger partial charge in [-0.3, -0.25) is 0 Å². The van der Waals surface area contributed by atoms with E-state index in [9.17, 15) is 0 Å². The van der Waals surface area contributed by atoms with Gasteiger partial charge in [-0.1, -0.05) is 0 Å². The van der Waals surface area contributed by atoms with E-state index in [1.165, 1.54) is 0 Å². The second-order valence-corrected chi connectivity index (χ2v) is 6.60. The van der Waals surface area contributed by atoms with E-state index in [2.05, 4.69) is 19.9 Å². The summed E-state index contributed by atoms with van der Waals surface area (Å²) in [7, 11) is 5.69. The Bertz CT molecular complexity index is 671. The molecular weight excluding hydrogens is 316 g/mol. The van der Waals surface area contributed by atoms with Crippen LogP contribution in [0, 0.1) is 0 Å². The molecule has 25 heavy (non-hydrogen) atoms. The molecule has 0 amide bonds. The lowest BCUT2D eigenvalue weighted by atomic mass is 9.89. The summed E-state index contributed by atoms with van der Waals surface area (Å²) in [5.74, 6) is 1.17. The average molecular weight is 342 g/mol. The fraction of sp³-hybridized carbons (Fsp3) is 0.556. The second kappa shape index (κ2) is 8.31. The molecule has 1 fully saturated rings. The van der Waals surface area contributed by atoms with Crippen LogP contribution in [0.3, 0.4) is 0 Å². The number of hydrogen-bond donors (Lipinski definition) is 0. The molecule has 0 radical (unpaired) electrons. The Labute approximate surface area is 149 Å². The van der Waals surface area contributed by atoms with Crippen molar-refractivity contribution in [2.24, 2.45) is 0 Å². The summed E-state index contributed by atoms with van der Waals surface area (Å²) < 4.78 is 5.19. The smallest absolute Gasteiger partial charge is 0.225 e. The highest BCUT2D eigenvalue weighted by atomic mass is 16.5. The lowest BCUT2D eigenvalue weighted by Crippen LogP contribution is -2.35. The maximum Gasteiger partial charge on any atom is 0.225 e. The molecule has 2 aromatic heterocycles. The third-order valence-corrected chi connectivity index (χ3v) is 4.66. The molecule has 3 heterocycles. The van der Waals surface area contributed by atoms with Gasteiger partial charge >= 0.3 is 0 Å². The summed E-state index contributed by atoms with van der Waals surface area (Å²) in [6, 6.07) is 0. The van der Waals surface area contributed by atoms with E-state index in [1.807, 2.05) is 37.6 Å². The summed E-state index contributed by atoms with van der Waals surface area (Å²) in [4.78, 5) is 22.1. The Morgan fingerprint density at radius 2 is 1.88 bits per heavy atom. The Morgan fingerprint density at radius 3 is 2.52 bits per heavy atom. The van der Waals surface area contributed by atoms with Crippen LogP contribution in [0.5, 0.6) is 0 Å². The van der Waals surface area contributed by atoms with Crippen LogP contribution in [0.25, 0.3) is 11.1 Å². The van der Waals surface area contributed by atoms with Crippen LogP contribution in [0.4, 0.5) is 5.95 Å². The lowest BCUT2D eigenvalue weighted by molar-refractivity contribution is 0.130. The Balaban J connectivity index is 1.85. The van der Waals surface area contributed by atoms with Crippen molar-refractivity contribution >= 4 is 5.95 Å². The molecule has 0 unspecified atom stereocenters. The molecule has 1 aliphatic heterocycles. The van der Waals surface area contributed by atoms with E-state index < -0.39 is 0 Å². The Morgan fingerprint density at radius 1 is 1.16 bits per heavy atom. The minimum absolute atomic E-state index is 0.427. The first kappa shape index (κ1) is 17.7. The Hall–Kier alpha value is -2.12. The summed E-state index contributed by atoms with van der Waals surface area (Å²) in [5, 5.41) is 0. The molecule has 0 atom stereocenters. The van der Waals surface area contributed by atoms with E-state index >= 15 is 0 Å². The molecule has 7 nitrogen and oxygen atoms in total. The van der Waals surface area contributed by atoms with Gasteiger partial charge in [0.2, 0.25) is 5.95 Å². The quantitative estimate of drug-likeness (QED) is 0.793. The number of anilines is 1. The van der Waals surface area contributed by atoms with Crippen molar-refractivity contribution in [1.29, 1.82) is 0 Å². The van der Waals surface area contributed by atoms with E-state index in [0.29, 0.717) is 5.92 Å². The van der Waals surface area contributed by atoms with Gasteiger partial charge in [0.15, 0.2) is 0 Å². The van der Waals surface area contributed by atoms with Crippen LogP contribution in [0.2, 0.25) is 0 Å². The molecule has 7 heteroatoms. The molecule has 0 bridgehead atoms. The minimum Gasteiger partial charge on any atom is -0.383 e. The van der Waals surface area contributed by atoms with Crippen molar-refractivity contribution in [1.82, 2.24) is 24.8 Å². The number of hydrogen-bond acceptors (Lipinski definition) is 7. The largest absolute Gasteiger partial charge is 0.383 e. The topological polar surface area (TPSA) is 67.3 Å². The van der Waals surface area contributed by atoms with Gasteiger partial charge in [0.05, 0.1) is 12.3 Å². The van der Waals surface area contributed by atoms with Gasteiger partial charge in [-0.2, -0.15) is 0 Å². The molecule has 0 aromatic carbocycles. The Kier molecular flexibility index (Phi) is 5.88. The number of rotatable bonds is 6. The number of likely N-dealkylation sites (tertiary alicyclic amines) is 1. The van der Waals surface area contributed by atoms with Crippen molar-refractivity contribution in [3.8, 4) is 11.1 Å². The molecular formula is C18H26N6O. The number of ether oxygens (including phenoxy) is 1. The molecule has 3 rings (SSSR count). The molecule has 0 aliphatic carbocycles. The van der Waals surface area contributed by atoms with Crippen LogP contribution in [0.15, 0.2) is 24.9 Å². The van der Waals surface area contributed by atoms with Crippen LogP contribution in [-0.4, -0.2) is 72.3 Å². The summed E-state index contributed by atoms with van der Waals surface area (Å²) in [5.41, 5.74) is 3.13. The number of aromatic nitrogens is 4. The number of piperidine rings is 1. The van der Waals surface area contributed by atoms with Crippen LogP contribution < -0.4 is 4.90 Å². The fourth-order valence-electron chi connectivity index (χ4n) is 3.22.